The number of benzene rings is 2. The number of amides is 3. The lowest BCUT2D eigenvalue weighted by molar-refractivity contribution is -0.140. The van der Waals surface area contributed by atoms with E-state index in [1.165, 1.54) is 0 Å². The number of para-hydroxylation sites is 2. The minimum absolute atomic E-state index is 0.0165. The highest BCUT2D eigenvalue weighted by Crippen LogP contribution is 2.54. The molecule has 2 aromatic rings. The van der Waals surface area contributed by atoms with Gasteiger partial charge in [0.2, 0.25) is 11.8 Å². The van der Waals surface area contributed by atoms with E-state index in [1.807, 2.05) is 60.7 Å². The molecule has 0 saturated carbocycles. The molecule has 0 aromatic heterocycles. The van der Waals surface area contributed by atoms with Crippen LogP contribution in [0.4, 0.5) is 11.4 Å². The Hall–Kier alpha value is -3.46. The summed E-state index contributed by atoms with van der Waals surface area (Å²) in [6, 6.07) is 15.5. The summed E-state index contributed by atoms with van der Waals surface area (Å²) in [5.74, 6) is -2.43. The SMILES string of the molecule is O=C1[C@@H]2[C@H]3C(=O)N(CCCCO)C4C(=O)N(c5ccccc5Cl)CC=C[C@@]43O[C@@H]2C=CCN1c1ccccc1. The van der Waals surface area contributed by atoms with E-state index >= 15 is 0 Å². The summed E-state index contributed by atoms with van der Waals surface area (Å²) in [6.45, 7) is 0.874. The Labute approximate surface area is 232 Å². The van der Waals surface area contributed by atoms with Crippen molar-refractivity contribution in [2.24, 2.45) is 11.8 Å². The van der Waals surface area contributed by atoms with Crippen molar-refractivity contribution in [1.82, 2.24) is 4.90 Å². The molecule has 2 aromatic carbocycles. The standard InChI is InChI=1S/C30H30ClN3O5/c31-21-12-4-5-13-22(21)33-18-9-15-30-25(28(37)34(16-6-7-19-35)26(30)29(33)38)24-23(39-30)14-8-17-32(27(24)36)20-10-2-1-3-11-20/h1-5,8-15,23-26,35H,6-7,16-19H2/t23-,24+,25+,26?,30+/m1/s1. The summed E-state index contributed by atoms with van der Waals surface area (Å²) in [7, 11) is 0. The second-order valence-corrected chi connectivity index (χ2v) is 10.7. The first-order valence-corrected chi connectivity index (χ1v) is 13.7. The number of carbonyl (C=O) groups excluding carboxylic acids is 3. The molecule has 0 bridgehead atoms. The molecule has 4 aliphatic rings. The van der Waals surface area contributed by atoms with Gasteiger partial charge in [0.05, 0.1) is 28.6 Å². The maximum absolute atomic E-state index is 14.3. The van der Waals surface area contributed by atoms with Crippen LogP contribution in [0, 0.1) is 11.8 Å². The number of hydrogen-bond acceptors (Lipinski definition) is 5. The number of ether oxygens (including phenoxy) is 1. The van der Waals surface area contributed by atoms with Gasteiger partial charge in [-0.25, -0.2) is 0 Å². The lowest BCUT2D eigenvalue weighted by Crippen LogP contribution is -2.55. The Morgan fingerprint density at radius 3 is 2.41 bits per heavy atom. The first-order chi connectivity index (χ1) is 19.0. The molecular formula is C30H30ClN3O5. The van der Waals surface area contributed by atoms with Crippen LogP contribution in [0.2, 0.25) is 5.02 Å². The highest BCUT2D eigenvalue weighted by molar-refractivity contribution is 6.34. The molecule has 8 nitrogen and oxygen atoms in total. The summed E-state index contributed by atoms with van der Waals surface area (Å²) >= 11 is 6.49. The summed E-state index contributed by atoms with van der Waals surface area (Å²) < 4.78 is 6.67. The Balaban J connectivity index is 1.43. The van der Waals surface area contributed by atoms with Gasteiger partial charge >= 0.3 is 0 Å². The summed E-state index contributed by atoms with van der Waals surface area (Å²) in [4.78, 5) is 47.5. The number of likely N-dealkylation sites (tertiary alicyclic amines) is 1. The van der Waals surface area contributed by atoms with Crippen LogP contribution in [-0.4, -0.2) is 71.7 Å². The van der Waals surface area contributed by atoms with Crippen molar-refractivity contribution in [3.8, 4) is 0 Å². The number of fused-ring (bicyclic) bond motifs is 2. The van der Waals surface area contributed by atoms with Crippen LogP contribution in [0.3, 0.4) is 0 Å². The van der Waals surface area contributed by atoms with Crippen molar-refractivity contribution in [3.63, 3.8) is 0 Å². The minimum atomic E-state index is -1.31. The average molecular weight is 548 g/mol. The molecule has 2 saturated heterocycles. The Morgan fingerprint density at radius 1 is 0.897 bits per heavy atom. The fraction of sp³-hybridized carbons (Fsp3) is 0.367. The van der Waals surface area contributed by atoms with Gasteiger partial charge in [-0.2, -0.15) is 0 Å². The number of rotatable bonds is 6. The van der Waals surface area contributed by atoms with Crippen molar-refractivity contribution in [3.05, 3.63) is 83.9 Å². The lowest BCUT2D eigenvalue weighted by atomic mass is 9.77. The van der Waals surface area contributed by atoms with Crippen LogP contribution >= 0.6 is 11.6 Å². The van der Waals surface area contributed by atoms with E-state index in [1.54, 1.807) is 32.9 Å². The minimum Gasteiger partial charge on any atom is -0.396 e. The van der Waals surface area contributed by atoms with Gasteiger partial charge in [-0.1, -0.05) is 66.2 Å². The molecule has 39 heavy (non-hydrogen) atoms. The van der Waals surface area contributed by atoms with Crippen molar-refractivity contribution >= 4 is 40.7 Å². The zero-order valence-corrected chi connectivity index (χ0v) is 22.1. The molecule has 1 N–H and O–H groups in total. The van der Waals surface area contributed by atoms with E-state index in [0.717, 1.165) is 5.69 Å². The molecule has 202 valence electrons. The largest absolute Gasteiger partial charge is 0.396 e. The van der Waals surface area contributed by atoms with Crippen molar-refractivity contribution in [1.29, 1.82) is 0 Å². The van der Waals surface area contributed by atoms with Crippen LogP contribution in [0.1, 0.15) is 12.8 Å². The van der Waals surface area contributed by atoms with E-state index in [9.17, 15) is 19.5 Å². The maximum Gasteiger partial charge on any atom is 0.253 e. The molecule has 0 radical (unpaired) electrons. The van der Waals surface area contributed by atoms with Gasteiger partial charge in [0.25, 0.3) is 5.91 Å². The van der Waals surface area contributed by atoms with Crippen molar-refractivity contribution < 1.29 is 24.2 Å². The molecule has 2 fully saturated rings. The first-order valence-electron chi connectivity index (χ1n) is 13.3. The third kappa shape index (κ3) is 4.09. The number of unbranched alkanes of at least 4 members (excludes halogenated alkanes) is 1. The molecule has 0 aliphatic carbocycles. The van der Waals surface area contributed by atoms with E-state index in [2.05, 4.69) is 0 Å². The van der Waals surface area contributed by atoms with Gasteiger partial charge in [0, 0.05) is 31.9 Å². The number of carbonyl (C=O) groups is 3. The van der Waals surface area contributed by atoms with Crippen LogP contribution in [-0.2, 0) is 19.1 Å². The molecule has 1 spiro atoms. The van der Waals surface area contributed by atoms with Crippen LogP contribution in [0.25, 0.3) is 0 Å². The molecule has 4 aliphatic heterocycles. The van der Waals surface area contributed by atoms with E-state index in [-0.39, 0.29) is 37.4 Å². The number of aliphatic hydroxyl groups excluding tert-OH is 1. The molecule has 6 rings (SSSR count). The quantitative estimate of drug-likeness (QED) is 0.443. The van der Waals surface area contributed by atoms with Gasteiger partial charge in [-0.15, -0.1) is 0 Å². The van der Waals surface area contributed by atoms with Gasteiger partial charge < -0.3 is 24.5 Å². The third-order valence-corrected chi connectivity index (χ3v) is 8.50. The summed E-state index contributed by atoms with van der Waals surface area (Å²) in [6.07, 6.45) is 7.77. The highest BCUT2D eigenvalue weighted by atomic mass is 35.5. The fourth-order valence-electron chi connectivity index (χ4n) is 6.50. The van der Waals surface area contributed by atoms with Crippen molar-refractivity contribution in [2.45, 2.75) is 30.6 Å². The summed E-state index contributed by atoms with van der Waals surface area (Å²) in [5.41, 5.74) is -0.0123. The predicted molar refractivity (Wildman–Crippen MR) is 147 cm³/mol. The highest BCUT2D eigenvalue weighted by Gasteiger charge is 2.71. The van der Waals surface area contributed by atoms with Gasteiger partial charge in [-0.05, 0) is 37.1 Å². The van der Waals surface area contributed by atoms with Crippen molar-refractivity contribution in [2.75, 3.05) is 36.0 Å². The number of halogens is 1. The van der Waals surface area contributed by atoms with E-state index < -0.39 is 29.6 Å². The maximum atomic E-state index is 14.3. The van der Waals surface area contributed by atoms with Crippen LogP contribution in [0.5, 0.6) is 0 Å². The number of nitrogens with zero attached hydrogens (tertiary/aromatic N) is 3. The molecule has 9 heteroatoms. The lowest BCUT2D eigenvalue weighted by Gasteiger charge is -2.35. The number of hydrogen-bond donors (Lipinski definition) is 1. The third-order valence-electron chi connectivity index (χ3n) is 8.18. The Morgan fingerprint density at radius 2 is 1.64 bits per heavy atom. The van der Waals surface area contributed by atoms with E-state index in [4.69, 9.17) is 16.3 Å². The molecule has 4 heterocycles. The topological polar surface area (TPSA) is 90.4 Å². The monoisotopic (exact) mass is 547 g/mol. The molecule has 1 unspecified atom stereocenters. The number of anilines is 2. The van der Waals surface area contributed by atoms with Gasteiger partial charge in [0.1, 0.15) is 11.6 Å². The average Bonchev–Trinajstić information content (AvgIpc) is 3.25. The molecule has 5 atom stereocenters. The Bertz CT molecular complexity index is 1350. The molecule has 3 amide bonds. The number of aliphatic hydroxyl groups is 1. The smallest absolute Gasteiger partial charge is 0.253 e. The zero-order chi connectivity index (χ0) is 27.1. The Kier molecular flexibility index (Phi) is 6.79. The zero-order valence-electron chi connectivity index (χ0n) is 21.4. The van der Waals surface area contributed by atoms with Crippen LogP contribution < -0.4 is 9.80 Å². The first kappa shape index (κ1) is 25.8. The second-order valence-electron chi connectivity index (χ2n) is 10.3. The summed E-state index contributed by atoms with van der Waals surface area (Å²) in [5, 5.41) is 9.82. The fourth-order valence-corrected chi connectivity index (χ4v) is 6.74. The predicted octanol–water partition coefficient (Wildman–Crippen LogP) is 3.20. The van der Waals surface area contributed by atoms with Gasteiger partial charge in [-0.3, -0.25) is 14.4 Å². The van der Waals surface area contributed by atoms with E-state index in [0.29, 0.717) is 30.1 Å². The second kappa shape index (κ2) is 10.3. The normalized spacial score (nSPS) is 29.8. The van der Waals surface area contributed by atoms with Crippen LogP contribution in [0.15, 0.2) is 78.9 Å². The molecular weight excluding hydrogens is 518 g/mol. The van der Waals surface area contributed by atoms with Gasteiger partial charge in [0.15, 0.2) is 0 Å².